The van der Waals surface area contributed by atoms with Gasteiger partial charge < -0.3 is 10.6 Å². The Labute approximate surface area is 134 Å². The summed E-state index contributed by atoms with van der Waals surface area (Å²) in [6.45, 7) is 2.73. The van der Waals surface area contributed by atoms with Gasteiger partial charge in [-0.3, -0.25) is 4.79 Å². The Bertz CT molecular complexity index is 597. The molecule has 7 nitrogen and oxygen atoms in total. The van der Waals surface area contributed by atoms with Gasteiger partial charge in [-0.15, -0.1) is 17.5 Å². The minimum atomic E-state index is -0.0910. The van der Waals surface area contributed by atoms with Crippen molar-refractivity contribution >= 4 is 18.3 Å². The van der Waals surface area contributed by atoms with E-state index in [0.717, 1.165) is 19.5 Å². The van der Waals surface area contributed by atoms with Gasteiger partial charge in [0.15, 0.2) is 0 Å². The van der Waals surface area contributed by atoms with E-state index in [4.69, 9.17) is 0 Å². The number of hydrogen-bond donors (Lipinski definition) is 2. The van der Waals surface area contributed by atoms with Crippen molar-refractivity contribution in [2.75, 3.05) is 19.6 Å². The second-order valence-corrected chi connectivity index (χ2v) is 5.19. The third-order valence-electron chi connectivity index (χ3n) is 3.69. The number of piperidine rings is 1. The summed E-state index contributed by atoms with van der Waals surface area (Å²) in [4.78, 5) is 12.4. The van der Waals surface area contributed by atoms with Crippen LogP contribution < -0.4 is 10.6 Å². The highest BCUT2D eigenvalue weighted by atomic mass is 35.5. The van der Waals surface area contributed by atoms with Crippen LogP contribution in [0.3, 0.4) is 0 Å². The van der Waals surface area contributed by atoms with Gasteiger partial charge >= 0.3 is 0 Å². The summed E-state index contributed by atoms with van der Waals surface area (Å²) in [5, 5.41) is 17.4. The molecule has 0 bridgehead atoms. The lowest BCUT2D eigenvalue weighted by atomic mass is 9.99. The summed E-state index contributed by atoms with van der Waals surface area (Å²) in [6, 6.07) is 7.31. The molecule has 118 valence electrons. The Morgan fingerprint density at radius 1 is 1.41 bits per heavy atom. The molecule has 0 spiro atoms. The molecule has 1 fully saturated rings. The number of amides is 1. The summed E-state index contributed by atoms with van der Waals surface area (Å²) in [6.07, 6.45) is 3.81. The first-order valence-electron chi connectivity index (χ1n) is 7.16. The van der Waals surface area contributed by atoms with Crippen molar-refractivity contribution < 1.29 is 4.79 Å². The molecule has 0 aliphatic carbocycles. The molecule has 2 heterocycles. The fraction of sp³-hybridized carbons (Fsp3) is 0.429. The fourth-order valence-corrected chi connectivity index (χ4v) is 2.57. The molecule has 2 N–H and O–H groups in total. The molecule has 1 aliphatic rings. The Hall–Kier alpha value is -1.99. The maximum atomic E-state index is 12.4. The number of halogens is 1. The minimum Gasteiger partial charge on any atom is -0.352 e. The van der Waals surface area contributed by atoms with Crippen LogP contribution in [-0.4, -0.2) is 45.7 Å². The number of benzene rings is 1. The molecule has 8 heteroatoms. The van der Waals surface area contributed by atoms with Gasteiger partial charge in [-0.25, -0.2) is 0 Å². The van der Waals surface area contributed by atoms with E-state index >= 15 is 0 Å². The van der Waals surface area contributed by atoms with Crippen molar-refractivity contribution in [3.8, 4) is 5.69 Å². The number of hydrogen-bond acceptors (Lipinski definition) is 5. The lowest BCUT2D eigenvalue weighted by Crippen LogP contribution is -2.38. The first-order valence-corrected chi connectivity index (χ1v) is 7.16. The van der Waals surface area contributed by atoms with Crippen molar-refractivity contribution in [3.05, 3.63) is 36.2 Å². The summed E-state index contributed by atoms with van der Waals surface area (Å²) >= 11 is 0. The van der Waals surface area contributed by atoms with Crippen LogP contribution in [0, 0.1) is 5.92 Å². The van der Waals surface area contributed by atoms with Crippen molar-refractivity contribution in [3.63, 3.8) is 0 Å². The molecule has 22 heavy (non-hydrogen) atoms. The summed E-state index contributed by atoms with van der Waals surface area (Å²) in [7, 11) is 0. The fourth-order valence-electron chi connectivity index (χ4n) is 2.57. The monoisotopic (exact) mass is 322 g/mol. The van der Waals surface area contributed by atoms with E-state index in [9.17, 15) is 4.79 Å². The van der Waals surface area contributed by atoms with E-state index < -0.39 is 0 Å². The van der Waals surface area contributed by atoms with Gasteiger partial charge in [0.2, 0.25) is 0 Å². The third-order valence-corrected chi connectivity index (χ3v) is 3.69. The Morgan fingerprint density at radius 3 is 3.00 bits per heavy atom. The molecule has 1 aliphatic heterocycles. The van der Waals surface area contributed by atoms with Crippen molar-refractivity contribution in [2.45, 2.75) is 12.8 Å². The van der Waals surface area contributed by atoms with Gasteiger partial charge in [-0.2, -0.15) is 4.68 Å². The van der Waals surface area contributed by atoms with Crippen molar-refractivity contribution in [2.24, 2.45) is 5.92 Å². The predicted octanol–water partition coefficient (Wildman–Crippen LogP) is 0.813. The van der Waals surface area contributed by atoms with Crippen molar-refractivity contribution in [1.82, 2.24) is 30.8 Å². The largest absolute Gasteiger partial charge is 0.352 e. The Balaban J connectivity index is 0.00000176. The zero-order chi connectivity index (χ0) is 14.5. The highest BCUT2D eigenvalue weighted by Crippen LogP contribution is 2.13. The SMILES string of the molecule is Cl.O=C(NCC1CCCNC1)c1ccccc1-n1cnnn1. The lowest BCUT2D eigenvalue weighted by molar-refractivity contribution is 0.0944. The molecule has 1 unspecified atom stereocenters. The van der Waals surface area contributed by atoms with Crippen molar-refractivity contribution in [1.29, 1.82) is 0 Å². The van der Waals surface area contributed by atoms with Gasteiger partial charge in [0, 0.05) is 6.54 Å². The number of para-hydroxylation sites is 1. The van der Waals surface area contributed by atoms with E-state index in [1.807, 2.05) is 18.2 Å². The smallest absolute Gasteiger partial charge is 0.253 e. The van der Waals surface area contributed by atoms with Gasteiger partial charge in [0.05, 0.1) is 11.3 Å². The number of nitrogens with one attached hydrogen (secondary N) is 2. The maximum Gasteiger partial charge on any atom is 0.253 e. The molecule has 3 rings (SSSR count). The lowest BCUT2D eigenvalue weighted by Gasteiger charge is -2.23. The maximum absolute atomic E-state index is 12.4. The quantitative estimate of drug-likeness (QED) is 0.870. The summed E-state index contributed by atoms with van der Waals surface area (Å²) < 4.78 is 1.50. The van der Waals surface area contributed by atoms with Crippen LogP contribution in [0.1, 0.15) is 23.2 Å². The number of tetrazole rings is 1. The summed E-state index contributed by atoms with van der Waals surface area (Å²) in [5.41, 5.74) is 1.26. The van der Waals surface area contributed by atoms with Gasteiger partial charge in [0.25, 0.3) is 5.91 Å². The Kier molecular flexibility index (Phi) is 5.85. The first kappa shape index (κ1) is 16.4. The average molecular weight is 323 g/mol. The van der Waals surface area contributed by atoms with Crippen LogP contribution in [-0.2, 0) is 0 Å². The molecule has 1 aromatic carbocycles. The number of nitrogens with zero attached hydrogens (tertiary/aromatic N) is 4. The first-order chi connectivity index (χ1) is 10.3. The number of aromatic nitrogens is 4. The average Bonchev–Trinajstić information content (AvgIpc) is 3.08. The predicted molar refractivity (Wildman–Crippen MR) is 84.3 cm³/mol. The molecular weight excluding hydrogens is 304 g/mol. The molecule has 1 atom stereocenters. The van der Waals surface area contributed by atoms with E-state index in [1.165, 1.54) is 17.4 Å². The zero-order valence-electron chi connectivity index (χ0n) is 12.1. The molecular formula is C14H19ClN6O. The van der Waals surface area contributed by atoms with E-state index in [1.54, 1.807) is 6.07 Å². The third kappa shape index (κ3) is 3.80. The topological polar surface area (TPSA) is 84.7 Å². The van der Waals surface area contributed by atoms with Crippen LogP contribution in [0.2, 0.25) is 0 Å². The van der Waals surface area contributed by atoms with Gasteiger partial charge in [-0.1, -0.05) is 12.1 Å². The highest BCUT2D eigenvalue weighted by molar-refractivity contribution is 5.97. The van der Waals surface area contributed by atoms with E-state index in [-0.39, 0.29) is 18.3 Å². The van der Waals surface area contributed by atoms with Crippen LogP contribution in [0.4, 0.5) is 0 Å². The molecule has 1 saturated heterocycles. The number of carbonyl (C=O) groups excluding carboxylic acids is 1. The van der Waals surface area contributed by atoms with Crippen LogP contribution in [0.25, 0.3) is 5.69 Å². The van der Waals surface area contributed by atoms with Crippen LogP contribution >= 0.6 is 12.4 Å². The zero-order valence-corrected chi connectivity index (χ0v) is 12.9. The molecule has 0 radical (unpaired) electrons. The number of carbonyl (C=O) groups is 1. The molecule has 1 aromatic heterocycles. The second kappa shape index (κ2) is 7.86. The molecule has 1 amide bonds. The minimum absolute atomic E-state index is 0. The second-order valence-electron chi connectivity index (χ2n) is 5.19. The molecule has 0 saturated carbocycles. The standard InChI is InChI=1S/C14H18N6O.ClH/c21-14(16-9-11-4-3-7-15-8-11)12-5-1-2-6-13(12)20-10-17-18-19-20;/h1-2,5-6,10-11,15H,3-4,7-9H2,(H,16,21);1H. The Morgan fingerprint density at radius 2 is 2.27 bits per heavy atom. The van der Waals surface area contributed by atoms with Gasteiger partial charge in [0.1, 0.15) is 6.33 Å². The van der Waals surface area contributed by atoms with E-state index in [2.05, 4.69) is 26.2 Å². The molecule has 2 aromatic rings. The normalized spacial score (nSPS) is 17.5. The van der Waals surface area contributed by atoms with E-state index in [0.29, 0.717) is 23.7 Å². The number of rotatable bonds is 4. The summed E-state index contributed by atoms with van der Waals surface area (Å²) in [5.74, 6) is 0.412. The van der Waals surface area contributed by atoms with Crippen LogP contribution in [0.15, 0.2) is 30.6 Å². The highest BCUT2D eigenvalue weighted by Gasteiger charge is 2.17. The van der Waals surface area contributed by atoms with Gasteiger partial charge in [-0.05, 0) is 54.4 Å². The van der Waals surface area contributed by atoms with Crippen LogP contribution in [0.5, 0.6) is 0 Å².